The van der Waals surface area contributed by atoms with Crippen molar-refractivity contribution in [1.82, 2.24) is 0 Å². The summed E-state index contributed by atoms with van der Waals surface area (Å²) < 4.78 is 35.2. The number of ether oxygens (including phenoxy) is 1. The summed E-state index contributed by atoms with van der Waals surface area (Å²) in [4.78, 5) is 7.71. The van der Waals surface area contributed by atoms with Crippen LogP contribution in [0.25, 0.3) is 0 Å². The van der Waals surface area contributed by atoms with E-state index >= 15 is 0 Å². The summed E-state index contributed by atoms with van der Waals surface area (Å²) >= 11 is 3.40. The Kier molecular flexibility index (Phi) is 9.82. The fourth-order valence-corrected chi connectivity index (χ4v) is 9.69. The molecule has 0 spiro atoms. The first-order valence-electron chi connectivity index (χ1n) is 17.2. The van der Waals surface area contributed by atoms with Crippen molar-refractivity contribution in [2.75, 3.05) is 39.3 Å². The third kappa shape index (κ3) is 7.20. The molecule has 4 aromatic rings. The van der Waals surface area contributed by atoms with Crippen LogP contribution in [0.15, 0.2) is 92.4 Å². The van der Waals surface area contributed by atoms with Gasteiger partial charge in [-0.1, -0.05) is 81.6 Å². The quantitative estimate of drug-likeness (QED) is 0.216. The number of rotatable bonds is 7. The lowest BCUT2D eigenvalue weighted by Crippen LogP contribution is -3.28. The van der Waals surface area contributed by atoms with Gasteiger partial charge in [-0.2, -0.15) is 0 Å². The summed E-state index contributed by atoms with van der Waals surface area (Å²) in [6, 6.07) is 24.5. The van der Waals surface area contributed by atoms with Gasteiger partial charge in [0, 0.05) is 38.0 Å². The van der Waals surface area contributed by atoms with Gasteiger partial charge >= 0.3 is 0 Å². The zero-order chi connectivity index (χ0) is 32.7. The van der Waals surface area contributed by atoms with E-state index in [9.17, 15) is 8.78 Å². The van der Waals surface area contributed by atoms with Gasteiger partial charge in [0.25, 0.3) is 0 Å². The molecule has 3 nitrogen and oxygen atoms in total. The van der Waals surface area contributed by atoms with Crippen LogP contribution in [0.1, 0.15) is 85.1 Å². The molecule has 1 fully saturated rings. The fraction of sp³-hybridized carbons (Fsp3) is 0.400. The molecule has 1 saturated heterocycles. The van der Waals surface area contributed by atoms with E-state index in [0.717, 1.165) is 60.9 Å². The number of nitrogens with one attached hydrogen (secondary N) is 2. The predicted molar refractivity (Wildman–Crippen MR) is 187 cm³/mol. The molecule has 4 aromatic carbocycles. The molecule has 0 amide bonds. The summed E-state index contributed by atoms with van der Waals surface area (Å²) in [5.74, 6) is 0.552. The highest BCUT2D eigenvalue weighted by Gasteiger charge is 2.35. The molecule has 0 aliphatic carbocycles. The van der Waals surface area contributed by atoms with Crippen molar-refractivity contribution in [3.8, 4) is 0 Å². The van der Waals surface area contributed by atoms with Crippen LogP contribution in [0.4, 0.5) is 8.78 Å². The lowest BCUT2D eigenvalue weighted by Gasteiger charge is -2.35. The monoisotopic (exact) mass is 672 g/mol. The van der Waals surface area contributed by atoms with Gasteiger partial charge in [0.15, 0.2) is 0 Å². The fourth-order valence-electron chi connectivity index (χ4n) is 7.40. The first-order valence-corrected chi connectivity index (χ1v) is 18.8. The summed E-state index contributed by atoms with van der Waals surface area (Å²) in [6.45, 7) is 15.1. The van der Waals surface area contributed by atoms with Crippen LogP contribution >= 0.6 is 23.5 Å². The molecular weight excluding hydrogens is 627 g/mol. The number of hydrogen-bond acceptors (Lipinski definition) is 3. The second-order valence-electron chi connectivity index (χ2n) is 14.1. The maximum atomic E-state index is 14.3. The Balaban J connectivity index is 1.04. The standard InChI is InChI=1S/C40H44F2N2OS2/c1-25(2)27-7-11-37-33(19-27)35(21-29-5-9-31(41)23-39(29)46-37)44-15-13-43(14-16-44)17-18-45-36-22-30-6-10-32(42)24-40(30)47-38-12-8-28(26(3)4)20-34(36)38/h5-12,19-20,23-26,35-36H,13-18,21-22H2,1-4H3/p+2/t35-,36+/m0/s1. The van der Waals surface area contributed by atoms with Crippen molar-refractivity contribution >= 4 is 23.5 Å². The summed E-state index contributed by atoms with van der Waals surface area (Å²) in [7, 11) is 0. The molecule has 3 aliphatic rings. The van der Waals surface area contributed by atoms with Gasteiger partial charge in [0.1, 0.15) is 50.4 Å². The van der Waals surface area contributed by atoms with Crippen LogP contribution in [0.2, 0.25) is 0 Å². The highest BCUT2D eigenvalue weighted by Crippen LogP contribution is 2.44. The molecule has 47 heavy (non-hydrogen) atoms. The predicted octanol–water partition coefficient (Wildman–Crippen LogP) is 7.21. The lowest BCUT2D eigenvalue weighted by molar-refractivity contribution is -1.03. The van der Waals surface area contributed by atoms with Gasteiger partial charge in [-0.25, -0.2) is 8.78 Å². The van der Waals surface area contributed by atoms with Crippen molar-refractivity contribution < 1.29 is 23.3 Å². The SMILES string of the molecule is CC(C)c1ccc2c(c1)[C@H](OCC[NH+]1CC[NH+]([C@H]3Cc4ccc(F)cc4Sc4ccc(C(C)C)cc43)CC1)Cc1ccc(F)cc1S2. The van der Waals surface area contributed by atoms with Gasteiger partial charge in [-0.3, -0.25) is 0 Å². The second-order valence-corrected chi connectivity index (χ2v) is 16.3. The van der Waals surface area contributed by atoms with Crippen molar-refractivity contribution in [3.63, 3.8) is 0 Å². The molecule has 7 heteroatoms. The topological polar surface area (TPSA) is 18.1 Å². The van der Waals surface area contributed by atoms with E-state index in [1.165, 1.54) is 37.6 Å². The molecule has 246 valence electrons. The molecule has 0 saturated carbocycles. The van der Waals surface area contributed by atoms with Crippen molar-refractivity contribution in [1.29, 1.82) is 0 Å². The van der Waals surface area contributed by atoms with E-state index in [-0.39, 0.29) is 17.7 Å². The maximum absolute atomic E-state index is 14.3. The summed E-state index contributed by atoms with van der Waals surface area (Å²) in [5, 5.41) is 0. The maximum Gasteiger partial charge on any atom is 0.128 e. The highest BCUT2D eigenvalue weighted by atomic mass is 32.2. The zero-order valence-electron chi connectivity index (χ0n) is 27.9. The van der Waals surface area contributed by atoms with E-state index in [1.54, 1.807) is 57.6 Å². The summed E-state index contributed by atoms with van der Waals surface area (Å²) in [5.41, 5.74) is 7.75. The Morgan fingerprint density at radius 2 is 1.21 bits per heavy atom. The molecule has 2 N–H and O–H groups in total. The number of fused-ring (bicyclic) bond motifs is 4. The van der Waals surface area contributed by atoms with Gasteiger partial charge in [-0.05, 0) is 82.1 Å². The minimum Gasteiger partial charge on any atom is -0.367 e. The number of benzene rings is 4. The van der Waals surface area contributed by atoms with E-state index < -0.39 is 0 Å². The van der Waals surface area contributed by atoms with Crippen molar-refractivity contribution in [2.45, 2.75) is 84.1 Å². The van der Waals surface area contributed by atoms with Crippen LogP contribution in [0.5, 0.6) is 0 Å². The molecule has 0 unspecified atom stereocenters. The average Bonchev–Trinajstić information content (AvgIpc) is 3.31. The Labute approximate surface area is 287 Å². The molecule has 7 rings (SSSR count). The molecule has 0 bridgehead atoms. The van der Waals surface area contributed by atoms with E-state index in [2.05, 4.69) is 64.1 Å². The van der Waals surface area contributed by atoms with Gasteiger partial charge in [0.2, 0.25) is 0 Å². The second kappa shape index (κ2) is 14.0. The first-order chi connectivity index (χ1) is 22.7. The van der Waals surface area contributed by atoms with Gasteiger partial charge < -0.3 is 14.5 Å². The van der Waals surface area contributed by atoms with Crippen molar-refractivity contribution in [3.05, 3.63) is 118 Å². The molecular formula is C40H46F2N2OS2+2. The van der Waals surface area contributed by atoms with Gasteiger partial charge in [-0.15, -0.1) is 0 Å². The van der Waals surface area contributed by atoms with Crippen LogP contribution in [-0.4, -0.2) is 39.3 Å². The Morgan fingerprint density at radius 1 is 0.660 bits per heavy atom. The van der Waals surface area contributed by atoms with Gasteiger partial charge in [0.05, 0.1) is 12.7 Å². The Morgan fingerprint density at radius 3 is 1.81 bits per heavy atom. The molecule has 0 aromatic heterocycles. The smallest absolute Gasteiger partial charge is 0.128 e. The molecule has 2 atom stereocenters. The molecule has 3 aliphatic heterocycles. The average molecular weight is 673 g/mol. The van der Waals surface area contributed by atoms with Crippen LogP contribution in [0, 0.1) is 11.6 Å². The summed E-state index contributed by atoms with van der Waals surface area (Å²) in [6.07, 6.45) is 1.65. The number of halogens is 2. The van der Waals surface area contributed by atoms with Crippen molar-refractivity contribution in [2.24, 2.45) is 0 Å². The lowest BCUT2D eigenvalue weighted by atomic mass is 9.93. The highest BCUT2D eigenvalue weighted by molar-refractivity contribution is 7.99. The molecule has 3 heterocycles. The number of quaternary nitrogens is 2. The minimum absolute atomic E-state index is 0.0470. The van der Waals surface area contributed by atoms with E-state index in [4.69, 9.17) is 4.74 Å². The van der Waals surface area contributed by atoms with E-state index in [1.807, 2.05) is 12.1 Å². The third-order valence-corrected chi connectivity index (χ3v) is 12.7. The number of piperazine rings is 1. The van der Waals surface area contributed by atoms with Crippen LogP contribution in [0.3, 0.4) is 0 Å². The van der Waals surface area contributed by atoms with E-state index in [0.29, 0.717) is 24.5 Å². The molecule has 0 radical (unpaired) electrons. The zero-order valence-corrected chi connectivity index (χ0v) is 29.5. The Bertz CT molecular complexity index is 1750. The van der Waals surface area contributed by atoms with Crippen LogP contribution in [-0.2, 0) is 17.6 Å². The first kappa shape index (κ1) is 32.8. The Hall–Kier alpha value is -2.68. The van der Waals surface area contributed by atoms with Crippen LogP contribution < -0.4 is 9.80 Å². The minimum atomic E-state index is -0.189. The number of hydrogen-bond donors (Lipinski definition) is 2. The normalized spacial score (nSPS) is 22.2. The largest absolute Gasteiger partial charge is 0.367 e. The third-order valence-electron chi connectivity index (χ3n) is 10.3.